The molecular weight excluding hydrogens is 272 g/mol. The summed E-state index contributed by atoms with van der Waals surface area (Å²) in [6.07, 6.45) is 5.90. The van der Waals surface area contributed by atoms with Gasteiger partial charge in [-0.25, -0.2) is 0 Å². The third kappa shape index (κ3) is 4.17. The van der Waals surface area contributed by atoms with Crippen molar-refractivity contribution in [2.24, 2.45) is 5.92 Å². The molecule has 110 valence electrons. The fourth-order valence-corrected chi connectivity index (χ4v) is 3.88. The van der Waals surface area contributed by atoms with Crippen molar-refractivity contribution in [2.75, 3.05) is 6.61 Å². The molecule has 4 heteroatoms. The molecule has 1 aliphatic carbocycles. The lowest BCUT2D eigenvalue weighted by atomic mass is 9.87. The quantitative estimate of drug-likeness (QED) is 0.658. The van der Waals surface area contributed by atoms with E-state index in [0.717, 1.165) is 17.7 Å². The van der Waals surface area contributed by atoms with Gasteiger partial charge in [-0.3, -0.25) is 4.79 Å². The first-order chi connectivity index (χ1) is 9.70. The van der Waals surface area contributed by atoms with Crippen molar-refractivity contribution in [3.05, 3.63) is 24.3 Å². The molecule has 20 heavy (non-hydrogen) atoms. The predicted molar refractivity (Wildman–Crippen MR) is 81.0 cm³/mol. The van der Waals surface area contributed by atoms with Crippen molar-refractivity contribution < 1.29 is 14.6 Å². The Morgan fingerprint density at radius 1 is 1.30 bits per heavy atom. The minimum absolute atomic E-state index is 0.0996. The number of aromatic hydroxyl groups is 1. The van der Waals surface area contributed by atoms with Crippen molar-refractivity contribution in [1.82, 2.24) is 0 Å². The standard InChI is InChI=1S/C16H22O3S/c1-2-19-16(18)15(12-6-4-3-5-7-12)20-14-10-8-13(17)9-11-14/h8-12,15,17H,2-7H2,1H3/t15-/m0/s1. The van der Waals surface area contributed by atoms with Crippen molar-refractivity contribution in [2.45, 2.75) is 49.2 Å². The van der Waals surface area contributed by atoms with Crippen LogP contribution in [0.5, 0.6) is 5.75 Å². The molecule has 0 heterocycles. The first kappa shape index (κ1) is 15.2. The van der Waals surface area contributed by atoms with E-state index in [1.165, 1.54) is 19.3 Å². The van der Waals surface area contributed by atoms with Crippen LogP contribution >= 0.6 is 11.8 Å². The van der Waals surface area contributed by atoms with Crippen LogP contribution in [0.25, 0.3) is 0 Å². The lowest BCUT2D eigenvalue weighted by Crippen LogP contribution is -2.30. The minimum Gasteiger partial charge on any atom is -0.508 e. The number of carbonyl (C=O) groups excluding carboxylic acids is 1. The Labute approximate surface area is 124 Å². The first-order valence-electron chi connectivity index (χ1n) is 7.33. The second-order valence-corrected chi connectivity index (χ2v) is 6.40. The van der Waals surface area contributed by atoms with Crippen LogP contribution in [-0.2, 0) is 9.53 Å². The number of esters is 1. The zero-order valence-corrected chi connectivity index (χ0v) is 12.7. The maximum absolute atomic E-state index is 12.2. The highest BCUT2D eigenvalue weighted by Gasteiger charge is 2.31. The van der Waals surface area contributed by atoms with Crippen LogP contribution in [0.3, 0.4) is 0 Å². The molecule has 0 amide bonds. The number of hydrogen-bond donors (Lipinski definition) is 1. The number of phenols is 1. The summed E-state index contributed by atoms with van der Waals surface area (Å²) in [5.41, 5.74) is 0. The third-order valence-electron chi connectivity index (χ3n) is 3.70. The fourth-order valence-electron chi connectivity index (χ4n) is 2.67. The summed E-state index contributed by atoms with van der Waals surface area (Å²) < 4.78 is 5.24. The lowest BCUT2D eigenvalue weighted by Gasteiger charge is -2.28. The lowest BCUT2D eigenvalue weighted by molar-refractivity contribution is -0.143. The Balaban J connectivity index is 2.08. The van der Waals surface area contributed by atoms with E-state index >= 15 is 0 Å². The van der Waals surface area contributed by atoms with E-state index in [0.29, 0.717) is 12.5 Å². The van der Waals surface area contributed by atoms with E-state index < -0.39 is 0 Å². The SMILES string of the molecule is CCOC(=O)[C@@H](Sc1ccc(O)cc1)C1CCCCC1. The summed E-state index contributed by atoms with van der Waals surface area (Å²) in [5.74, 6) is 0.554. The molecule has 1 aliphatic rings. The van der Waals surface area contributed by atoms with Crippen LogP contribution in [-0.4, -0.2) is 22.9 Å². The van der Waals surface area contributed by atoms with Gasteiger partial charge in [-0.05, 0) is 49.9 Å². The Bertz CT molecular complexity index is 424. The highest BCUT2D eigenvalue weighted by atomic mass is 32.2. The van der Waals surface area contributed by atoms with Crippen LogP contribution in [0.15, 0.2) is 29.2 Å². The number of hydrogen-bond acceptors (Lipinski definition) is 4. The van der Waals surface area contributed by atoms with Crippen molar-refractivity contribution in [3.8, 4) is 5.75 Å². The fraction of sp³-hybridized carbons (Fsp3) is 0.562. The molecule has 0 aliphatic heterocycles. The summed E-state index contributed by atoms with van der Waals surface area (Å²) >= 11 is 1.57. The molecular formula is C16H22O3S. The maximum Gasteiger partial charge on any atom is 0.319 e. The number of phenolic OH excluding ortho intramolecular Hbond substituents is 1. The van der Waals surface area contributed by atoms with Gasteiger partial charge < -0.3 is 9.84 Å². The monoisotopic (exact) mass is 294 g/mol. The van der Waals surface area contributed by atoms with E-state index in [2.05, 4.69) is 0 Å². The maximum atomic E-state index is 12.2. The summed E-state index contributed by atoms with van der Waals surface area (Å²) in [6, 6.07) is 7.03. The van der Waals surface area contributed by atoms with Crippen molar-refractivity contribution in [1.29, 1.82) is 0 Å². The Kier molecular flexibility index (Phi) is 5.77. The van der Waals surface area contributed by atoms with E-state index in [-0.39, 0.29) is 17.0 Å². The molecule has 0 bridgehead atoms. The number of rotatable bonds is 5. The molecule has 1 N–H and O–H groups in total. The van der Waals surface area contributed by atoms with E-state index in [9.17, 15) is 9.90 Å². The van der Waals surface area contributed by atoms with Gasteiger partial charge in [-0.2, -0.15) is 0 Å². The second-order valence-electron chi connectivity index (χ2n) is 5.18. The largest absolute Gasteiger partial charge is 0.508 e. The Morgan fingerprint density at radius 2 is 1.95 bits per heavy atom. The number of carbonyl (C=O) groups is 1. The molecule has 2 rings (SSSR count). The molecule has 0 spiro atoms. The number of ether oxygens (including phenoxy) is 1. The third-order valence-corrected chi connectivity index (χ3v) is 5.07. The summed E-state index contributed by atoms with van der Waals surface area (Å²) in [5, 5.41) is 9.21. The Morgan fingerprint density at radius 3 is 2.55 bits per heavy atom. The summed E-state index contributed by atoms with van der Waals surface area (Å²) in [6.45, 7) is 2.28. The average Bonchev–Trinajstić information content (AvgIpc) is 2.48. The summed E-state index contributed by atoms with van der Waals surface area (Å²) in [7, 11) is 0. The summed E-state index contributed by atoms with van der Waals surface area (Å²) in [4.78, 5) is 13.2. The van der Waals surface area contributed by atoms with Crippen LogP contribution < -0.4 is 0 Å². The normalized spacial score (nSPS) is 17.6. The molecule has 1 aromatic carbocycles. The molecule has 0 radical (unpaired) electrons. The van der Waals surface area contributed by atoms with Gasteiger partial charge in [0.05, 0.1) is 6.61 Å². The van der Waals surface area contributed by atoms with Crippen LogP contribution in [0.2, 0.25) is 0 Å². The van der Waals surface area contributed by atoms with Crippen molar-refractivity contribution in [3.63, 3.8) is 0 Å². The zero-order valence-electron chi connectivity index (χ0n) is 11.9. The molecule has 0 aromatic heterocycles. The van der Waals surface area contributed by atoms with Gasteiger partial charge in [0.2, 0.25) is 0 Å². The van der Waals surface area contributed by atoms with Gasteiger partial charge in [0.25, 0.3) is 0 Å². The van der Waals surface area contributed by atoms with E-state index in [1.54, 1.807) is 23.9 Å². The number of benzene rings is 1. The minimum atomic E-state index is -0.125. The Hall–Kier alpha value is -1.16. The zero-order chi connectivity index (χ0) is 14.4. The predicted octanol–water partition coefficient (Wildman–Crippen LogP) is 4.00. The van der Waals surface area contributed by atoms with Crippen LogP contribution in [0.4, 0.5) is 0 Å². The molecule has 1 atom stereocenters. The van der Waals surface area contributed by atoms with Gasteiger partial charge in [0, 0.05) is 4.90 Å². The molecule has 1 saturated carbocycles. The van der Waals surface area contributed by atoms with Gasteiger partial charge >= 0.3 is 5.97 Å². The van der Waals surface area contributed by atoms with Gasteiger partial charge in [-0.1, -0.05) is 19.3 Å². The average molecular weight is 294 g/mol. The molecule has 0 unspecified atom stereocenters. The first-order valence-corrected chi connectivity index (χ1v) is 8.21. The van der Waals surface area contributed by atoms with Gasteiger partial charge in [0.15, 0.2) is 0 Å². The molecule has 1 aromatic rings. The molecule has 0 saturated heterocycles. The smallest absolute Gasteiger partial charge is 0.319 e. The van der Waals surface area contributed by atoms with Crippen LogP contribution in [0, 0.1) is 5.92 Å². The second kappa shape index (κ2) is 7.58. The van der Waals surface area contributed by atoms with E-state index in [4.69, 9.17) is 4.74 Å². The molecule has 3 nitrogen and oxygen atoms in total. The van der Waals surface area contributed by atoms with Crippen molar-refractivity contribution >= 4 is 17.7 Å². The van der Waals surface area contributed by atoms with Gasteiger partial charge in [0.1, 0.15) is 11.0 Å². The molecule has 1 fully saturated rings. The highest BCUT2D eigenvalue weighted by Crippen LogP contribution is 2.37. The highest BCUT2D eigenvalue weighted by molar-refractivity contribution is 8.00. The van der Waals surface area contributed by atoms with Crippen LogP contribution in [0.1, 0.15) is 39.0 Å². The van der Waals surface area contributed by atoms with Gasteiger partial charge in [-0.15, -0.1) is 11.8 Å². The van der Waals surface area contributed by atoms with E-state index in [1.807, 2.05) is 19.1 Å². The number of thioether (sulfide) groups is 1. The topological polar surface area (TPSA) is 46.5 Å².